The zero-order valence-electron chi connectivity index (χ0n) is 13.7. The summed E-state index contributed by atoms with van der Waals surface area (Å²) in [6.45, 7) is 6.90. The van der Waals surface area contributed by atoms with Gasteiger partial charge in [0, 0.05) is 3.57 Å². The van der Waals surface area contributed by atoms with E-state index in [-0.39, 0.29) is 11.3 Å². The molecule has 2 aromatic carbocycles. The number of hydrogen-bond acceptors (Lipinski definition) is 2. The SMILES string of the molecule is CC(C)(C)c1ccc(OCCC(=O)Nc2ccccc2I)cc1. The minimum Gasteiger partial charge on any atom is -0.493 e. The molecule has 0 saturated heterocycles. The monoisotopic (exact) mass is 423 g/mol. The average molecular weight is 423 g/mol. The molecule has 23 heavy (non-hydrogen) atoms. The molecule has 0 radical (unpaired) electrons. The molecule has 0 saturated carbocycles. The largest absolute Gasteiger partial charge is 0.493 e. The van der Waals surface area contributed by atoms with Crippen LogP contribution in [-0.4, -0.2) is 12.5 Å². The maximum Gasteiger partial charge on any atom is 0.227 e. The van der Waals surface area contributed by atoms with Crippen LogP contribution in [-0.2, 0) is 10.2 Å². The first-order chi connectivity index (χ1) is 10.9. The molecule has 122 valence electrons. The van der Waals surface area contributed by atoms with Crippen molar-refractivity contribution in [1.29, 1.82) is 0 Å². The lowest BCUT2D eigenvalue weighted by atomic mass is 9.87. The van der Waals surface area contributed by atoms with Crippen LogP contribution in [0.2, 0.25) is 0 Å². The van der Waals surface area contributed by atoms with E-state index >= 15 is 0 Å². The number of benzene rings is 2. The fraction of sp³-hybridized carbons (Fsp3) is 0.316. The zero-order chi connectivity index (χ0) is 16.9. The third-order valence-electron chi connectivity index (χ3n) is 3.47. The van der Waals surface area contributed by atoms with Gasteiger partial charge in [0.1, 0.15) is 5.75 Å². The summed E-state index contributed by atoms with van der Waals surface area (Å²) >= 11 is 2.20. The summed E-state index contributed by atoms with van der Waals surface area (Å²) in [4.78, 5) is 11.9. The highest BCUT2D eigenvalue weighted by atomic mass is 127. The predicted octanol–water partition coefficient (Wildman–Crippen LogP) is 5.00. The summed E-state index contributed by atoms with van der Waals surface area (Å²) in [5.41, 5.74) is 2.24. The van der Waals surface area contributed by atoms with E-state index in [1.54, 1.807) is 0 Å². The highest BCUT2D eigenvalue weighted by molar-refractivity contribution is 14.1. The molecule has 0 fully saturated rings. The number of anilines is 1. The molecule has 0 heterocycles. The van der Waals surface area contributed by atoms with Crippen LogP contribution in [0.5, 0.6) is 5.75 Å². The van der Waals surface area contributed by atoms with E-state index in [9.17, 15) is 4.79 Å². The Bertz CT molecular complexity index is 660. The molecule has 0 aliphatic carbocycles. The Labute approximate surface area is 151 Å². The predicted molar refractivity (Wildman–Crippen MR) is 103 cm³/mol. The van der Waals surface area contributed by atoms with E-state index in [0.717, 1.165) is 15.0 Å². The lowest BCUT2D eigenvalue weighted by Crippen LogP contribution is -2.16. The Morgan fingerprint density at radius 3 is 2.35 bits per heavy atom. The van der Waals surface area contributed by atoms with E-state index in [2.05, 4.69) is 60.8 Å². The minimum absolute atomic E-state index is 0.0413. The van der Waals surface area contributed by atoms with Gasteiger partial charge in [-0.25, -0.2) is 0 Å². The maximum absolute atomic E-state index is 11.9. The number of carbonyl (C=O) groups is 1. The Kier molecular flexibility index (Phi) is 6.04. The third kappa shape index (κ3) is 5.53. The van der Waals surface area contributed by atoms with Gasteiger partial charge in [0.05, 0.1) is 18.7 Å². The molecule has 0 unspecified atom stereocenters. The van der Waals surface area contributed by atoms with Crippen LogP contribution in [0.15, 0.2) is 48.5 Å². The molecule has 0 spiro atoms. The highest BCUT2D eigenvalue weighted by Gasteiger charge is 2.13. The number of para-hydroxylation sites is 1. The molecule has 0 aromatic heterocycles. The van der Waals surface area contributed by atoms with E-state index in [0.29, 0.717) is 13.0 Å². The first-order valence-electron chi connectivity index (χ1n) is 7.64. The second kappa shape index (κ2) is 7.81. The average Bonchev–Trinajstić information content (AvgIpc) is 2.49. The molecule has 4 heteroatoms. The van der Waals surface area contributed by atoms with Crippen molar-refractivity contribution in [2.24, 2.45) is 0 Å². The Balaban J connectivity index is 1.81. The van der Waals surface area contributed by atoms with Crippen molar-refractivity contribution in [2.45, 2.75) is 32.6 Å². The van der Waals surface area contributed by atoms with Crippen LogP contribution in [0, 0.1) is 3.57 Å². The van der Waals surface area contributed by atoms with Gasteiger partial charge in [-0.15, -0.1) is 0 Å². The third-order valence-corrected chi connectivity index (χ3v) is 4.41. The number of halogens is 1. The van der Waals surface area contributed by atoms with Gasteiger partial charge in [-0.3, -0.25) is 4.79 Å². The molecular weight excluding hydrogens is 401 g/mol. The molecule has 2 rings (SSSR count). The lowest BCUT2D eigenvalue weighted by molar-refractivity contribution is -0.116. The lowest BCUT2D eigenvalue weighted by Gasteiger charge is -2.19. The van der Waals surface area contributed by atoms with Crippen molar-refractivity contribution in [3.8, 4) is 5.75 Å². The first kappa shape index (κ1) is 17.8. The van der Waals surface area contributed by atoms with Crippen LogP contribution in [0.25, 0.3) is 0 Å². The van der Waals surface area contributed by atoms with Gasteiger partial charge in [-0.05, 0) is 57.8 Å². The fourth-order valence-electron chi connectivity index (χ4n) is 2.09. The van der Waals surface area contributed by atoms with Crippen LogP contribution in [0.3, 0.4) is 0 Å². The number of amides is 1. The smallest absolute Gasteiger partial charge is 0.227 e. The number of hydrogen-bond donors (Lipinski definition) is 1. The summed E-state index contributed by atoms with van der Waals surface area (Å²) in [6.07, 6.45) is 0.325. The minimum atomic E-state index is -0.0413. The van der Waals surface area contributed by atoms with Gasteiger partial charge in [0.15, 0.2) is 0 Å². The first-order valence-corrected chi connectivity index (χ1v) is 8.72. The van der Waals surface area contributed by atoms with Crippen LogP contribution >= 0.6 is 22.6 Å². The molecule has 3 nitrogen and oxygen atoms in total. The van der Waals surface area contributed by atoms with Crippen molar-refractivity contribution >= 4 is 34.2 Å². The van der Waals surface area contributed by atoms with Crippen LogP contribution < -0.4 is 10.1 Å². The van der Waals surface area contributed by atoms with Gasteiger partial charge in [-0.2, -0.15) is 0 Å². The van der Waals surface area contributed by atoms with Crippen molar-refractivity contribution in [3.05, 3.63) is 57.7 Å². The quantitative estimate of drug-likeness (QED) is 0.688. The standard InChI is InChI=1S/C19H22INO2/c1-19(2,3)14-8-10-15(11-9-14)23-13-12-18(22)21-17-7-5-4-6-16(17)20/h4-11H,12-13H2,1-3H3,(H,21,22). The second-order valence-corrected chi connectivity index (χ2v) is 7.56. The van der Waals surface area contributed by atoms with Crippen molar-refractivity contribution in [2.75, 3.05) is 11.9 Å². The van der Waals surface area contributed by atoms with Crippen molar-refractivity contribution in [1.82, 2.24) is 0 Å². The van der Waals surface area contributed by atoms with Gasteiger partial charge in [0.25, 0.3) is 0 Å². The normalized spacial score (nSPS) is 11.1. The number of rotatable bonds is 5. The fourth-order valence-corrected chi connectivity index (χ4v) is 2.61. The summed E-state index contributed by atoms with van der Waals surface area (Å²) in [7, 11) is 0. The zero-order valence-corrected chi connectivity index (χ0v) is 15.9. The molecule has 0 aliphatic heterocycles. The van der Waals surface area contributed by atoms with E-state index in [4.69, 9.17) is 4.74 Å². The summed E-state index contributed by atoms with van der Waals surface area (Å²) in [6, 6.07) is 15.8. The van der Waals surface area contributed by atoms with Crippen molar-refractivity contribution in [3.63, 3.8) is 0 Å². The Morgan fingerprint density at radius 2 is 1.74 bits per heavy atom. The van der Waals surface area contributed by atoms with Gasteiger partial charge in [-0.1, -0.05) is 45.0 Å². The van der Waals surface area contributed by atoms with Crippen LogP contribution in [0.4, 0.5) is 5.69 Å². The summed E-state index contributed by atoms with van der Waals surface area (Å²) < 4.78 is 6.67. The maximum atomic E-state index is 11.9. The number of nitrogens with one attached hydrogen (secondary N) is 1. The van der Waals surface area contributed by atoms with Crippen LogP contribution in [0.1, 0.15) is 32.8 Å². The Morgan fingerprint density at radius 1 is 1.09 bits per heavy atom. The second-order valence-electron chi connectivity index (χ2n) is 6.40. The van der Waals surface area contributed by atoms with E-state index in [1.165, 1.54) is 5.56 Å². The number of ether oxygens (including phenoxy) is 1. The van der Waals surface area contributed by atoms with Gasteiger partial charge < -0.3 is 10.1 Å². The Hall–Kier alpha value is -1.56. The highest BCUT2D eigenvalue weighted by Crippen LogP contribution is 2.24. The molecule has 2 aromatic rings. The molecule has 1 N–H and O–H groups in total. The molecule has 0 bridgehead atoms. The van der Waals surface area contributed by atoms with E-state index < -0.39 is 0 Å². The summed E-state index contributed by atoms with van der Waals surface area (Å²) in [5, 5.41) is 2.90. The van der Waals surface area contributed by atoms with Gasteiger partial charge in [0.2, 0.25) is 5.91 Å². The van der Waals surface area contributed by atoms with Crippen molar-refractivity contribution < 1.29 is 9.53 Å². The van der Waals surface area contributed by atoms with Gasteiger partial charge >= 0.3 is 0 Å². The molecule has 1 amide bonds. The topological polar surface area (TPSA) is 38.3 Å². The molecule has 0 atom stereocenters. The molecular formula is C19H22INO2. The number of carbonyl (C=O) groups excluding carboxylic acids is 1. The summed E-state index contributed by atoms with van der Waals surface area (Å²) in [5.74, 6) is 0.750. The molecule has 0 aliphatic rings. The van der Waals surface area contributed by atoms with E-state index in [1.807, 2.05) is 36.4 Å².